The summed E-state index contributed by atoms with van der Waals surface area (Å²) in [5.41, 5.74) is 1.54. The van der Waals surface area contributed by atoms with Crippen LogP contribution in [0.25, 0.3) is 0 Å². The van der Waals surface area contributed by atoms with Gasteiger partial charge in [0.1, 0.15) is 0 Å². The molecule has 1 aliphatic rings. The number of rotatable bonds is 1. The van der Waals surface area contributed by atoms with Crippen molar-refractivity contribution in [3.8, 4) is 0 Å². The number of hydrogen-bond acceptors (Lipinski definition) is 2. The molecule has 2 heterocycles. The van der Waals surface area contributed by atoms with Crippen LogP contribution >= 0.6 is 0 Å². The molecule has 0 atom stereocenters. The molecule has 1 aromatic rings. The lowest BCUT2D eigenvalue weighted by molar-refractivity contribution is 0.327. The third kappa shape index (κ3) is 1.73. The van der Waals surface area contributed by atoms with Crippen molar-refractivity contribution in [1.29, 1.82) is 0 Å². The van der Waals surface area contributed by atoms with Crippen molar-refractivity contribution in [3.63, 3.8) is 0 Å². The molecule has 0 aromatic carbocycles. The Balaban J connectivity index is 2.23. The summed E-state index contributed by atoms with van der Waals surface area (Å²) in [5, 5.41) is 3.38. The average molecular weight is 176 g/mol. The SMILES string of the molecule is CC1(c2ccccn2)CCNCC1. The number of piperidine rings is 1. The summed E-state index contributed by atoms with van der Waals surface area (Å²) in [4.78, 5) is 4.45. The van der Waals surface area contributed by atoms with Crippen molar-refractivity contribution in [2.45, 2.75) is 25.2 Å². The summed E-state index contributed by atoms with van der Waals surface area (Å²) in [7, 11) is 0. The van der Waals surface area contributed by atoms with Gasteiger partial charge in [-0.05, 0) is 38.1 Å². The van der Waals surface area contributed by atoms with Crippen molar-refractivity contribution >= 4 is 0 Å². The lowest BCUT2D eigenvalue weighted by Gasteiger charge is -2.33. The van der Waals surface area contributed by atoms with Crippen LogP contribution in [0.1, 0.15) is 25.5 Å². The molecule has 0 amide bonds. The zero-order valence-corrected chi connectivity index (χ0v) is 8.09. The molecular formula is C11H16N2. The van der Waals surface area contributed by atoms with Crippen molar-refractivity contribution in [2.24, 2.45) is 0 Å². The summed E-state index contributed by atoms with van der Waals surface area (Å²) < 4.78 is 0. The molecule has 0 radical (unpaired) electrons. The normalized spacial score (nSPS) is 21.3. The second-order valence-corrected chi connectivity index (χ2v) is 4.03. The first-order valence-corrected chi connectivity index (χ1v) is 4.93. The summed E-state index contributed by atoms with van der Waals surface area (Å²) >= 11 is 0. The Morgan fingerprint density at radius 2 is 2.08 bits per heavy atom. The molecule has 0 saturated carbocycles. The van der Waals surface area contributed by atoms with Gasteiger partial charge >= 0.3 is 0 Å². The molecule has 0 bridgehead atoms. The van der Waals surface area contributed by atoms with Gasteiger partial charge in [0.25, 0.3) is 0 Å². The minimum absolute atomic E-state index is 0.298. The maximum atomic E-state index is 4.45. The first-order valence-electron chi connectivity index (χ1n) is 4.93. The maximum absolute atomic E-state index is 4.45. The number of pyridine rings is 1. The molecule has 0 unspecified atom stereocenters. The number of nitrogens with one attached hydrogen (secondary N) is 1. The van der Waals surface area contributed by atoms with E-state index in [9.17, 15) is 0 Å². The fourth-order valence-electron chi connectivity index (χ4n) is 1.95. The maximum Gasteiger partial charge on any atom is 0.0463 e. The van der Waals surface area contributed by atoms with Crippen molar-refractivity contribution in [1.82, 2.24) is 10.3 Å². The minimum Gasteiger partial charge on any atom is -0.317 e. The predicted molar refractivity (Wildman–Crippen MR) is 53.7 cm³/mol. The van der Waals surface area contributed by atoms with Crippen LogP contribution in [-0.2, 0) is 5.41 Å². The third-order valence-corrected chi connectivity index (χ3v) is 2.99. The Morgan fingerprint density at radius 3 is 2.69 bits per heavy atom. The quantitative estimate of drug-likeness (QED) is 0.704. The van der Waals surface area contributed by atoms with Gasteiger partial charge in [0.2, 0.25) is 0 Å². The van der Waals surface area contributed by atoms with Gasteiger partial charge in [-0.2, -0.15) is 0 Å². The van der Waals surface area contributed by atoms with Gasteiger partial charge in [-0.25, -0.2) is 0 Å². The zero-order chi connectivity index (χ0) is 9.15. The largest absolute Gasteiger partial charge is 0.317 e. The highest BCUT2D eigenvalue weighted by atomic mass is 14.9. The average Bonchev–Trinajstić information content (AvgIpc) is 2.20. The fourth-order valence-corrected chi connectivity index (χ4v) is 1.95. The molecular weight excluding hydrogens is 160 g/mol. The van der Waals surface area contributed by atoms with Crippen molar-refractivity contribution < 1.29 is 0 Å². The van der Waals surface area contributed by atoms with Crippen LogP contribution in [0.5, 0.6) is 0 Å². The Kier molecular flexibility index (Phi) is 2.32. The summed E-state index contributed by atoms with van der Waals surface area (Å²) in [5.74, 6) is 0. The van der Waals surface area contributed by atoms with Crippen LogP contribution in [0.3, 0.4) is 0 Å². The lowest BCUT2D eigenvalue weighted by atomic mass is 9.78. The van der Waals surface area contributed by atoms with E-state index in [4.69, 9.17) is 0 Å². The molecule has 1 N–H and O–H groups in total. The van der Waals surface area contributed by atoms with E-state index in [0.717, 1.165) is 13.1 Å². The fraction of sp³-hybridized carbons (Fsp3) is 0.545. The first-order chi connectivity index (χ1) is 6.31. The topological polar surface area (TPSA) is 24.9 Å². The van der Waals surface area contributed by atoms with E-state index < -0.39 is 0 Å². The van der Waals surface area contributed by atoms with Crippen molar-refractivity contribution in [3.05, 3.63) is 30.1 Å². The summed E-state index contributed by atoms with van der Waals surface area (Å²) in [6, 6.07) is 6.20. The van der Waals surface area contributed by atoms with E-state index in [1.807, 2.05) is 12.3 Å². The molecule has 13 heavy (non-hydrogen) atoms. The van der Waals surface area contributed by atoms with E-state index >= 15 is 0 Å². The standard InChI is InChI=1S/C11H16N2/c1-11(5-8-12-9-6-11)10-4-2-3-7-13-10/h2-4,7,12H,5-6,8-9H2,1H3. The first kappa shape index (κ1) is 8.70. The molecule has 2 rings (SSSR count). The van der Waals surface area contributed by atoms with Gasteiger partial charge < -0.3 is 5.32 Å². The van der Waals surface area contributed by atoms with Gasteiger partial charge in [-0.3, -0.25) is 4.98 Å². The number of hydrogen-bond donors (Lipinski definition) is 1. The Hall–Kier alpha value is -0.890. The molecule has 1 saturated heterocycles. The van der Waals surface area contributed by atoms with Gasteiger partial charge in [0.05, 0.1) is 0 Å². The number of nitrogens with zero attached hydrogens (tertiary/aromatic N) is 1. The highest BCUT2D eigenvalue weighted by Gasteiger charge is 2.29. The monoisotopic (exact) mass is 176 g/mol. The molecule has 2 nitrogen and oxygen atoms in total. The van der Waals surface area contributed by atoms with Crippen LogP contribution < -0.4 is 5.32 Å². The molecule has 0 spiro atoms. The highest BCUT2D eigenvalue weighted by molar-refractivity contribution is 5.16. The molecule has 1 fully saturated rings. The van der Waals surface area contributed by atoms with Crippen LogP contribution in [-0.4, -0.2) is 18.1 Å². The molecule has 2 heteroatoms. The smallest absolute Gasteiger partial charge is 0.0463 e. The van der Waals surface area contributed by atoms with E-state index in [-0.39, 0.29) is 0 Å². The van der Waals surface area contributed by atoms with Crippen LogP contribution in [0.15, 0.2) is 24.4 Å². The van der Waals surface area contributed by atoms with Crippen LogP contribution in [0.2, 0.25) is 0 Å². The second kappa shape index (κ2) is 3.46. The van der Waals surface area contributed by atoms with E-state index in [1.54, 1.807) is 0 Å². The van der Waals surface area contributed by atoms with Gasteiger partial charge in [-0.15, -0.1) is 0 Å². The van der Waals surface area contributed by atoms with E-state index in [1.165, 1.54) is 18.5 Å². The zero-order valence-electron chi connectivity index (χ0n) is 8.09. The Bertz CT molecular complexity index is 263. The van der Waals surface area contributed by atoms with Gasteiger partial charge in [0, 0.05) is 17.3 Å². The predicted octanol–water partition coefficient (Wildman–Crippen LogP) is 1.72. The Labute approximate surface area is 79.4 Å². The summed E-state index contributed by atoms with van der Waals surface area (Å²) in [6.07, 6.45) is 4.29. The van der Waals surface area contributed by atoms with Crippen LogP contribution in [0.4, 0.5) is 0 Å². The molecule has 0 aliphatic carbocycles. The lowest BCUT2D eigenvalue weighted by Crippen LogP contribution is -2.38. The van der Waals surface area contributed by atoms with Crippen LogP contribution in [0, 0.1) is 0 Å². The second-order valence-electron chi connectivity index (χ2n) is 4.03. The molecule has 1 aromatic heterocycles. The van der Waals surface area contributed by atoms with E-state index in [2.05, 4.69) is 29.4 Å². The van der Waals surface area contributed by atoms with Gasteiger partial charge in [-0.1, -0.05) is 13.0 Å². The van der Waals surface area contributed by atoms with Crippen molar-refractivity contribution in [2.75, 3.05) is 13.1 Å². The molecule has 1 aliphatic heterocycles. The van der Waals surface area contributed by atoms with E-state index in [0.29, 0.717) is 5.41 Å². The van der Waals surface area contributed by atoms with Gasteiger partial charge in [0.15, 0.2) is 0 Å². The number of aromatic nitrogens is 1. The minimum atomic E-state index is 0.298. The molecule has 70 valence electrons. The summed E-state index contributed by atoms with van der Waals surface area (Å²) in [6.45, 7) is 4.55. The third-order valence-electron chi connectivity index (χ3n) is 2.99. The highest BCUT2D eigenvalue weighted by Crippen LogP contribution is 2.30. The Morgan fingerprint density at radius 1 is 1.31 bits per heavy atom.